The topological polar surface area (TPSA) is 95.8 Å². The number of aryl methyl sites for hydroxylation is 1. The molecule has 176 valence electrons. The molecule has 2 amide bonds. The van der Waals surface area contributed by atoms with Crippen LogP contribution in [-0.4, -0.2) is 53.9 Å². The van der Waals surface area contributed by atoms with Gasteiger partial charge in [0.15, 0.2) is 0 Å². The summed E-state index contributed by atoms with van der Waals surface area (Å²) in [6, 6.07) is 11.3. The fourth-order valence-electron chi connectivity index (χ4n) is 4.05. The number of nitro groups is 1. The fourth-order valence-corrected chi connectivity index (χ4v) is 4.22. The zero-order valence-corrected chi connectivity index (χ0v) is 19.8. The van der Waals surface area contributed by atoms with Crippen molar-refractivity contribution in [2.75, 3.05) is 31.1 Å². The number of carbonyl (C=O) groups is 2. The Labute approximate surface area is 198 Å². The quantitative estimate of drug-likeness (QED) is 0.484. The van der Waals surface area contributed by atoms with Crippen molar-refractivity contribution in [2.45, 2.75) is 33.2 Å². The molecule has 1 fully saturated rings. The Morgan fingerprint density at radius 2 is 1.79 bits per heavy atom. The number of amides is 2. The van der Waals surface area contributed by atoms with E-state index in [-0.39, 0.29) is 23.4 Å². The molecule has 1 aliphatic rings. The van der Waals surface area contributed by atoms with E-state index in [9.17, 15) is 19.7 Å². The van der Waals surface area contributed by atoms with E-state index in [1.807, 2.05) is 37.8 Å². The van der Waals surface area contributed by atoms with E-state index >= 15 is 0 Å². The van der Waals surface area contributed by atoms with Crippen LogP contribution in [0.1, 0.15) is 36.2 Å². The molecule has 0 bridgehead atoms. The Balaban J connectivity index is 1.70. The highest BCUT2D eigenvalue weighted by Crippen LogP contribution is 2.31. The molecule has 0 saturated carbocycles. The van der Waals surface area contributed by atoms with E-state index in [2.05, 4.69) is 5.32 Å². The highest BCUT2D eigenvalue weighted by atomic mass is 35.5. The van der Waals surface area contributed by atoms with Crippen LogP contribution in [0.15, 0.2) is 42.5 Å². The number of halogens is 1. The van der Waals surface area contributed by atoms with Gasteiger partial charge in [-0.25, -0.2) is 0 Å². The van der Waals surface area contributed by atoms with E-state index in [4.69, 9.17) is 11.6 Å². The third kappa shape index (κ3) is 6.01. The third-order valence-corrected chi connectivity index (χ3v) is 6.00. The van der Waals surface area contributed by atoms with Gasteiger partial charge in [0.2, 0.25) is 5.91 Å². The van der Waals surface area contributed by atoms with E-state index in [1.54, 1.807) is 29.2 Å². The molecule has 9 heteroatoms. The summed E-state index contributed by atoms with van der Waals surface area (Å²) in [6.45, 7) is 7.61. The summed E-state index contributed by atoms with van der Waals surface area (Å²) in [4.78, 5) is 40.8. The highest BCUT2D eigenvalue weighted by Gasteiger charge is 2.31. The summed E-state index contributed by atoms with van der Waals surface area (Å²) in [5.74, 6) is -0.174. The van der Waals surface area contributed by atoms with Crippen LogP contribution < -0.4 is 10.2 Å². The van der Waals surface area contributed by atoms with E-state index in [0.29, 0.717) is 48.9 Å². The lowest BCUT2D eigenvalue weighted by Gasteiger charge is -2.37. The maximum absolute atomic E-state index is 13.3. The third-order valence-electron chi connectivity index (χ3n) is 5.77. The number of piperazine rings is 1. The molecule has 0 aliphatic carbocycles. The van der Waals surface area contributed by atoms with Crippen molar-refractivity contribution in [1.29, 1.82) is 0 Å². The minimum atomic E-state index is -0.631. The standard InChI is InChI=1S/C24H29ClN4O4/c1-16(2)14-20(26-23(30)19-7-5-4-6-17(19)3)24(31)28-12-10-27(11-13-28)21-9-8-18(25)15-22(21)29(32)33/h4-9,15-16,20H,10-14H2,1-3H3,(H,26,30). The number of benzene rings is 2. The predicted molar refractivity (Wildman–Crippen MR) is 129 cm³/mol. The number of hydrogen-bond donors (Lipinski definition) is 1. The monoisotopic (exact) mass is 472 g/mol. The first-order valence-electron chi connectivity index (χ1n) is 11.0. The van der Waals surface area contributed by atoms with Gasteiger partial charge in [-0.15, -0.1) is 0 Å². The number of anilines is 1. The maximum Gasteiger partial charge on any atom is 0.294 e. The highest BCUT2D eigenvalue weighted by molar-refractivity contribution is 6.30. The Morgan fingerprint density at radius 1 is 1.12 bits per heavy atom. The van der Waals surface area contributed by atoms with E-state index in [0.717, 1.165) is 5.56 Å². The molecule has 2 aromatic carbocycles. The van der Waals surface area contributed by atoms with Gasteiger partial charge in [-0.3, -0.25) is 19.7 Å². The van der Waals surface area contributed by atoms with Gasteiger partial charge in [-0.1, -0.05) is 43.6 Å². The number of hydrogen-bond acceptors (Lipinski definition) is 5. The molecule has 33 heavy (non-hydrogen) atoms. The van der Waals surface area contributed by atoms with Gasteiger partial charge in [-0.05, 0) is 43.0 Å². The molecule has 1 N–H and O–H groups in total. The zero-order valence-electron chi connectivity index (χ0n) is 19.1. The zero-order chi connectivity index (χ0) is 24.1. The summed E-state index contributed by atoms with van der Waals surface area (Å²) in [5, 5.41) is 14.7. The Hall–Kier alpha value is -3.13. The number of nitrogens with zero attached hydrogens (tertiary/aromatic N) is 3. The van der Waals surface area contributed by atoms with Crippen LogP contribution in [0.4, 0.5) is 11.4 Å². The molecular formula is C24H29ClN4O4. The number of rotatable bonds is 7. The minimum Gasteiger partial charge on any atom is -0.362 e. The van der Waals surface area contributed by atoms with Gasteiger partial charge >= 0.3 is 0 Å². The molecule has 1 heterocycles. The maximum atomic E-state index is 13.3. The van der Waals surface area contributed by atoms with Gasteiger partial charge < -0.3 is 15.1 Å². The van der Waals surface area contributed by atoms with Crippen molar-refractivity contribution in [3.8, 4) is 0 Å². The summed E-state index contributed by atoms with van der Waals surface area (Å²) < 4.78 is 0. The van der Waals surface area contributed by atoms with Gasteiger partial charge in [0.25, 0.3) is 11.6 Å². The average molecular weight is 473 g/mol. The summed E-state index contributed by atoms with van der Waals surface area (Å²) in [5.41, 5.74) is 1.84. The number of nitro benzene ring substituents is 1. The summed E-state index contributed by atoms with van der Waals surface area (Å²) >= 11 is 5.93. The van der Waals surface area contributed by atoms with Crippen LogP contribution >= 0.6 is 11.6 Å². The lowest BCUT2D eigenvalue weighted by molar-refractivity contribution is -0.384. The SMILES string of the molecule is Cc1ccccc1C(=O)NC(CC(C)C)C(=O)N1CCN(c2ccc(Cl)cc2[N+](=O)[O-])CC1. The smallest absolute Gasteiger partial charge is 0.294 e. The molecule has 1 aliphatic heterocycles. The van der Waals surface area contributed by atoms with Crippen LogP contribution in [0.5, 0.6) is 0 Å². The first kappa shape index (κ1) is 24.5. The first-order chi connectivity index (χ1) is 15.7. The molecule has 0 spiro atoms. The number of nitrogens with one attached hydrogen (secondary N) is 1. The average Bonchev–Trinajstić information content (AvgIpc) is 2.78. The minimum absolute atomic E-state index is 0.0505. The van der Waals surface area contributed by atoms with Gasteiger partial charge in [-0.2, -0.15) is 0 Å². The molecule has 1 saturated heterocycles. The van der Waals surface area contributed by atoms with Crippen LogP contribution in [-0.2, 0) is 4.79 Å². The van der Waals surface area contributed by atoms with Crippen molar-refractivity contribution in [3.63, 3.8) is 0 Å². The first-order valence-corrected chi connectivity index (χ1v) is 11.4. The van der Waals surface area contributed by atoms with Crippen molar-refractivity contribution in [2.24, 2.45) is 5.92 Å². The lowest BCUT2D eigenvalue weighted by atomic mass is 10.0. The van der Waals surface area contributed by atoms with Gasteiger partial charge in [0, 0.05) is 42.8 Å². The molecule has 3 rings (SSSR count). The second kappa shape index (κ2) is 10.7. The van der Waals surface area contributed by atoms with Crippen LogP contribution in [0.2, 0.25) is 5.02 Å². The van der Waals surface area contributed by atoms with E-state index in [1.165, 1.54) is 6.07 Å². The summed E-state index contributed by atoms with van der Waals surface area (Å²) in [7, 11) is 0. The van der Waals surface area contributed by atoms with Crippen LogP contribution in [0, 0.1) is 23.0 Å². The molecule has 1 atom stereocenters. The van der Waals surface area contributed by atoms with E-state index < -0.39 is 11.0 Å². The Bertz CT molecular complexity index is 1030. The van der Waals surface area contributed by atoms with Crippen molar-refractivity contribution >= 4 is 34.8 Å². The van der Waals surface area contributed by atoms with Crippen LogP contribution in [0.3, 0.4) is 0 Å². The second-order valence-electron chi connectivity index (χ2n) is 8.67. The molecule has 2 aromatic rings. The predicted octanol–water partition coefficient (Wildman–Crippen LogP) is 4.05. The van der Waals surface area contributed by atoms with Gasteiger partial charge in [0.1, 0.15) is 11.7 Å². The molecule has 0 radical (unpaired) electrons. The second-order valence-corrected chi connectivity index (χ2v) is 9.11. The van der Waals surface area contributed by atoms with Gasteiger partial charge in [0.05, 0.1) is 4.92 Å². The van der Waals surface area contributed by atoms with Crippen LogP contribution in [0.25, 0.3) is 0 Å². The molecule has 1 unspecified atom stereocenters. The normalized spacial score (nSPS) is 14.8. The Kier molecular flexibility index (Phi) is 7.92. The summed E-state index contributed by atoms with van der Waals surface area (Å²) in [6.07, 6.45) is 0.527. The van der Waals surface area contributed by atoms with Crippen molar-refractivity contribution in [3.05, 3.63) is 68.7 Å². The fraction of sp³-hybridized carbons (Fsp3) is 0.417. The van der Waals surface area contributed by atoms with Crippen molar-refractivity contribution < 1.29 is 14.5 Å². The molecular weight excluding hydrogens is 444 g/mol. The molecule has 0 aromatic heterocycles. The van der Waals surface area contributed by atoms with Crippen molar-refractivity contribution in [1.82, 2.24) is 10.2 Å². The Morgan fingerprint density at radius 3 is 2.39 bits per heavy atom. The lowest BCUT2D eigenvalue weighted by Crippen LogP contribution is -2.55. The molecule has 8 nitrogen and oxygen atoms in total. The largest absolute Gasteiger partial charge is 0.362 e. The number of carbonyl (C=O) groups excluding carboxylic acids is 2.